The van der Waals surface area contributed by atoms with Crippen molar-refractivity contribution in [2.75, 3.05) is 29.9 Å². The van der Waals surface area contributed by atoms with Crippen molar-refractivity contribution in [3.63, 3.8) is 0 Å². The fourth-order valence-electron chi connectivity index (χ4n) is 4.26. The number of nitrogens with one attached hydrogen (secondary N) is 2. The van der Waals surface area contributed by atoms with Crippen molar-refractivity contribution < 1.29 is 27.9 Å². The number of amides is 2. The third-order valence-corrected chi connectivity index (χ3v) is 6.85. The molecule has 0 aliphatic carbocycles. The van der Waals surface area contributed by atoms with Crippen LogP contribution in [0.3, 0.4) is 0 Å². The van der Waals surface area contributed by atoms with Crippen LogP contribution in [0.15, 0.2) is 41.8 Å². The number of benzene rings is 1. The molecule has 34 heavy (non-hydrogen) atoms. The van der Waals surface area contributed by atoms with Gasteiger partial charge >= 0.3 is 18.2 Å². The molecule has 2 aliphatic heterocycles. The molecule has 3 heterocycles. The number of thiophene rings is 1. The zero-order valence-corrected chi connectivity index (χ0v) is 19.7. The first-order chi connectivity index (χ1) is 16.1. The molecular formula is C23H29F3N4O3S. The Kier molecular flexibility index (Phi) is 8.78. The average molecular weight is 499 g/mol. The third-order valence-electron chi connectivity index (χ3n) is 5.97. The highest BCUT2D eigenvalue weighted by Gasteiger charge is 2.38. The SMILES string of the molecule is CC1CCCN1C1CCN(c2ccc(NC(=O)NCc3cccs3)cc2)C1.O=C(O)C(F)(F)F. The maximum absolute atomic E-state index is 12.0. The molecule has 0 bridgehead atoms. The molecule has 2 atom stereocenters. The number of likely N-dealkylation sites (tertiary alicyclic amines) is 1. The lowest BCUT2D eigenvalue weighted by atomic mass is 10.2. The number of carbonyl (C=O) groups is 2. The van der Waals surface area contributed by atoms with Crippen molar-refractivity contribution in [3.8, 4) is 0 Å². The summed E-state index contributed by atoms with van der Waals surface area (Å²) in [6, 6.07) is 13.5. The van der Waals surface area contributed by atoms with Crippen LogP contribution in [0.25, 0.3) is 0 Å². The second-order valence-electron chi connectivity index (χ2n) is 8.35. The van der Waals surface area contributed by atoms with E-state index in [2.05, 4.69) is 39.5 Å². The number of rotatable bonds is 5. The maximum atomic E-state index is 12.0. The summed E-state index contributed by atoms with van der Waals surface area (Å²) in [6.45, 7) is 6.40. The zero-order chi connectivity index (χ0) is 24.7. The molecule has 2 aromatic rings. The molecule has 186 valence electrons. The van der Waals surface area contributed by atoms with E-state index in [0.717, 1.165) is 29.7 Å². The highest BCUT2D eigenvalue weighted by atomic mass is 32.1. The van der Waals surface area contributed by atoms with Gasteiger partial charge in [0.1, 0.15) is 0 Å². The van der Waals surface area contributed by atoms with E-state index in [4.69, 9.17) is 9.90 Å². The number of hydrogen-bond acceptors (Lipinski definition) is 5. The second kappa shape index (κ2) is 11.6. The predicted octanol–water partition coefficient (Wildman–Crippen LogP) is 4.77. The standard InChI is InChI=1S/C21H28N4OS.C2HF3O2/c1-16-4-2-11-25(16)19-10-12-24(15-19)18-8-6-17(7-9-18)23-21(26)22-14-20-5-3-13-27-20;3-2(4,5)1(6)7/h3,5-9,13,16,19H,2,4,10-12,14-15H2,1H3,(H2,22,23,26);(H,6,7). The van der Waals surface area contributed by atoms with E-state index in [1.54, 1.807) is 11.3 Å². The van der Waals surface area contributed by atoms with Gasteiger partial charge in [0.2, 0.25) is 0 Å². The molecule has 11 heteroatoms. The summed E-state index contributed by atoms with van der Waals surface area (Å²) in [7, 11) is 0. The highest BCUT2D eigenvalue weighted by Crippen LogP contribution is 2.28. The number of alkyl halides is 3. The van der Waals surface area contributed by atoms with Gasteiger partial charge in [-0.15, -0.1) is 11.3 Å². The first-order valence-corrected chi connectivity index (χ1v) is 12.0. The van der Waals surface area contributed by atoms with Gasteiger partial charge in [0.25, 0.3) is 0 Å². The second-order valence-corrected chi connectivity index (χ2v) is 9.39. The van der Waals surface area contributed by atoms with E-state index in [-0.39, 0.29) is 6.03 Å². The van der Waals surface area contributed by atoms with E-state index in [0.29, 0.717) is 12.6 Å². The molecule has 0 spiro atoms. The van der Waals surface area contributed by atoms with E-state index in [1.807, 2.05) is 29.6 Å². The Bertz CT molecular complexity index is 938. The van der Waals surface area contributed by atoms with Crippen LogP contribution < -0.4 is 15.5 Å². The van der Waals surface area contributed by atoms with Gasteiger partial charge in [0.05, 0.1) is 6.54 Å². The smallest absolute Gasteiger partial charge is 0.475 e. The Labute approximate surface area is 200 Å². The number of anilines is 2. The normalized spacial score (nSPS) is 20.5. The number of carboxylic acid groups (broad SMARTS) is 1. The Morgan fingerprint density at radius 1 is 1.15 bits per heavy atom. The van der Waals surface area contributed by atoms with E-state index in [1.165, 1.54) is 31.5 Å². The fraction of sp³-hybridized carbons (Fsp3) is 0.478. The molecule has 0 saturated carbocycles. The molecule has 2 saturated heterocycles. The zero-order valence-electron chi connectivity index (χ0n) is 18.8. The number of aliphatic carboxylic acids is 1. The topological polar surface area (TPSA) is 84.9 Å². The van der Waals surface area contributed by atoms with Gasteiger partial charge in [-0.1, -0.05) is 6.07 Å². The molecule has 1 aromatic heterocycles. The molecule has 3 N–H and O–H groups in total. The molecule has 2 amide bonds. The molecule has 2 fully saturated rings. The quantitative estimate of drug-likeness (QED) is 0.553. The number of carboxylic acids is 1. The number of hydrogen-bond donors (Lipinski definition) is 3. The van der Waals surface area contributed by atoms with Gasteiger partial charge in [-0.3, -0.25) is 4.90 Å². The van der Waals surface area contributed by atoms with Crippen molar-refractivity contribution in [2.45, 2.75) is 51.0 Å². The lowest BCUT2D eigenvalue weighted by Crippen LogP contribution is -2.39. The van der Waals surface area contributed by atoms with Gasteiger partial charge in [-0.25, -0.2) is 9.59 Å². The monoisotopic (exact) mass is 498 g/mol. The first kappa shape index (κ1) is 25.8. The third kappa shape index (κ3) is 7.36. The van der Waals surface area contributed by atoms with Crippen LogP contribution in [0.2, 0.25) is 0 Å². The van der Waals surface area contributed by atoms with Gasteiger partial charge in [-0.05, 0) is 68.4 Å². The van der Waals surface area contributed by atoms with Crippen LogP contribution in [0.4, 0.5) is 29.3 Å². The van der Waals surface area contributed by atoms with Crippen molar-refractivity contribution in [1.82, 2.24) is 10.2 Å². The first-order valence-electron chi connectivity index (χ1n) is 11.1. The number of carbonyl (C=O) groups excluding carboxylic acids is 1. The summed E-state index contributed by atoms with van der Waals surface area (Å²) in [5.74, 6) is -2.76. The van der Waals surface area contributed by atoms with Gasteiger partial charge in [0, 0.05) is 41.4 Å². The molecule has 2 aliphatic rings. The molecule has 7 nitrogen and oxygen atoms in total. The number of halogens is 3. The Balaban J connectivity index is 0.000000406. The van der Waals surface area contributed by atoms with Gasteiger partial charge in [0.15, 0.2) is 0 Å². The van der Waals surface area contributed by atoms with Crippen molar-refractivity contribution >= 4 is 34.7 Å². The van der Waals surface area contributed by atoms with Crippen LogP contribution >= 0.6 is 11.3 Å². The van der Waals surface area contributed by atoms with Crippen molar-refractivity contribution in [2.24, 2.45) is 0 Å². The van der Waals surface area contributed by atoms with E-state index >= 15 is 0 Å². The fourth-order valence-corrected chi connectivity index (χ4v) is 4.90. The van der Waals surface area contributed by atoms with E-state index in [9.17, 15) is 18.0 Å². The summed E-state index contributed by atoms with van der Waals surface area (Å²) < 4.78 is 31.7. The van der Waals surface area contributed by atoms with Crippen LogP contribution in [0.1, 0.15) is 31.1 Å². The summed E-state index contributed by atoms with van der Waals surface area (Å²) in [4.78, 5) is 27.2. The molecule has 0 radical (unpaired) electrons. The van der Waals surface area contributed by atoms with E-state index < -0.39 is 12.1 Å². The lowest BCUT2D eigenvalue weighted by Gasteiger charge is -2.28. The summed E-state index contributed by atoms with van der Waals surface area (Å²) in [5, 5.41) is 14.9. The van der Waals surface area contributed by atoms with Gasteiger partial charge < -0.3 is 20.6 Å². The molecular weight excluding hydrogens is 469 g/mol. The van der Waals surface area contributed by atoms with Crippen molar-refractivity contribution in [1.29, 1.82) is 0 Å². The Morgan fingerprint density at radius 2 is 1.85 bits per heavy atom. The number of urea groups is 1. The van der Waals surface area contributed by atoms with Crippen molar-refractivity contribution in [3.05, 3.63) is 46.7 Å². The van der Waals surface area contributed by atoms with Crippen LogP contribution in [0, 0.1) is 0 Å². The van der Waals surface area contributed by atoms with Crippen LogP contribution in [-0.4, -0.2) is 59.9 Å². The lowest BCUT2D eigenvalue weighted by molar-refractivity contribution is -0.192. The summed E-state index contributed by atoms with van der Waals surface area (Å²) in [5.41, 5.74) is 2.07. The van der Waals surface area contributed by atoms with Crippen LogP contribution in [-0.2, 0) is 11.3 Å². The van der Waals surface area contributed by atoms with Gasteiger partial charge in [-0.2, -0.15) is 13.2 Å². The summed E-state index contributed by atoms with van der Waals surface area (Å²) in [6.07, 6.45) is -1.16. The molecule has 4 rings (SSSR count). The minimum Gasteiger partial charge on any atom is -0.475 e. The molecule has 1 aromatic carbocycles. The predicted molar refractivity (Wildman–Crippen MR) is 126 cm³/mol. The number of nitrogens with zero attached hydrogens (tertiary/aromatic N) is 2. The van der Waals surface area contributed by atoms with Crippen LogP contribution in [0.5, 0.6) is 0 Å². The largest absolute Gasteiger partial charge is 0.490 e. The Morgan fingerprint density at radius 3 is 2.41 bits per heavy atom. The minimum atomic E-state index is -5.08. The summed E-state index contributed by atoms with van der Waals surface area (Å²) >= 11 is 1.65. The minimum absolute atomic E-state index is 0.166. The maximum Gasteiger partial charge on any atom is 0.490 e. The Hall–Kier alpha value is -2.79. The average Bonchev–Trinajstić information content (AvgIpc) is 3.54. The highest BCUT2D eigenvalue weighted by molar-refractivity contribution is 7.09. The molecule has 2 unspecified atom stereocenters.